The number of carboxylic acids is 1. The first-order valence-corrected chi connectivity index (χ1v) is 5.98. The Balaban J connectivity index is 2.73. The van der Waals surface area contributed by atoms with E-state index in [1.165, 1.54) is 18.7 Å². The summed E-state index contributed by atoms with van der Waals surface area (Å²) in [7, 11) is 2.87. The van der Waals surface area contributed by atoms with E-state index in [1.807, 2.05) is 0 Å². The van der Waals surface area contributed by atoms with Crippen LogP contribution in [0.5, 0.6) is 0 Å². The predicted molar refractivity (Wildman–Crippen MR) is 70.7 cm³/mol. The second kappa shape index (κ2) is 4.87. The molecule has 0 aromatic carbocycles. The van der Waals surface area contributed by atoms with Gasteiger partial charge in [0.2, 0.25) is 0 Å². The molecule has 8 heteroatoms. The van der Waals surface area contributed by atoms with Crippen molar-refractivity contribution >= 4 is 17.1 Å². The molecule has 0 aliphatic rings. The Morgan fingerprint density at radius 1 is 1.20 bits per heavy atom. The van der Waals surface area contributed by atoms with E-state index in [0.29, 0.717) is 11.4 Å². The summed E-state index contributed by atoms with van der Waals surface area (Å²) >= 11 is 0. The van der Waals surface area contributed by atoms with Crippen LogP contribution in [-0.4, -0.2) is 30.2 Å². The van der Waals surface area contributed by atoms with E-state index >= 15 is 0 Å². The third kappa shape index (κ3) is 2.20. The van der Waals surface area contributed by atoms with Gasteiger partial charge in [-0.3, -0.25) is 18.7 Å². The summed E-state index contributed by atoms with van der Waals surface area (Å²) in [5, 5.41) is 8.70. The van der Waals surface area contributed by atoms with Crippen LogP contribution in [0.25, 0.3) is 11.2 Å². The molecule has 2 aromatic rings. The number of carbonyl (C=O) groups is 1. The number of aliphatic carboxylic acids is 1. The molecule has 0 atom stereocenters. The van der Waals surface area contributed by atoms with Crippen LogP contribution in [0.1, 0.15) is 17.8 Å². The lowest BCUT2D eigenvalue weighted by molar-refractivity contribution is -0.136. The number of aromatic nitrogens is 4. The van der Waals surface area contributed by atoms with Gasteiger partial charge in [-0.1, -0.05) is 0 Å². The molecule has 0 spiro atoms. The second-order valence-electron chi connectivity index (χ2n) is 4.53. The molecule has 0 saturated carbocycles. The first-order valence-electron chi connectivity index (χ1n) is 5.98. The molecule has 0 aliphatic carbocycles. The molecule has 0 unspecified atom stereocenters. The molecular formula is C12H14N4O4. The predicted octanol–water partition coefficient (Wildman–Crippen LogP) is -0.647. The van der Waals surface area contributed by atoms with Crippen LogP contribution in [0, 0.1) is 6.92 Å². The molecule has 2 heterocycles. The van der Waals surface area contributed by atoms with E-state index in [-0.39, 0.29) is 24.0 Å². The smallest absolute Gasteiger partial charge is 0.332 e. The van der Waals surface area contributed by atoms with E-state index in [4.69, 9.17) is 5.11 Å². The quantitative estimate of drug-likeness (QED) is 0.799. The van der Waals surface area contributed by atoms with Gasteiger partial charge < -0.3 is 5.11 Å². The lowest BCUT2D eigenvalue weighted by Crippen LogP contribution is -2.38. The summed E-state index contributed by atoms with van der Waals surface area (Å²) in [6, 6.07) is 0. The van der Waals surface area contributed by atoms with Gasteiger partial charge in [0.1, 0.15) is 0 Å². The maximum absolute atomic E-state index is 12.0. The van der Waals surface area contributed by atoms with Gasteiger partial charge in [0.25, 0.3) is 5.56 Å². The van der Waals surface area contributed by atoms with Crippen molar-refractivity contribution in [2.24, 2.45) is 14.1 Å². The van der Waals surface area contributed by atoms with Crippen molar-refractivity contribution < 1.29 is 9.90 Å². The fraction of sp³-hybridized carbons (Fsp3) is 0.417. The highest BCUT2D eigenvalue weighted by atomic mass is 16.4. The van der Waals surface area contributed by atoms with Gasteiger partial charge in [-0.05, 0) is 6.92 Å². The Morgan fingerprint density at radius 3 is 2.45 bits per heavy atom. The van der Waals surface area contributed by atoms with Gasteiger partial charge in [-0.25, -0.2) is 14.8 Å². The Hall–Kier alpha value is -2.51. The lowest BCUT2D eigenvalue weighted by Gasteiger charge is -2.09. The van der Waals surface area contributed by atoms with E-state index in [9.17, 15) is 14.4 Å². The summed E-state index contributed by atoms with van der Waals surface area (Å²) in [5.41, 5.74) is 0.237. The van der Waals surface area contributed by atoms with Crippen molar-refractivity contribution in [3.05, 3.63) is 32.2 Å². The molecule has 0 bridgehead atoms. The number of hydrogen-bond donors (Lipinski definition) is 1. The number of aryl methyl sites for hydroxylation is 3. The highest BCUT2D eigenvalue weighted by Crippen LogP contribution is 2.09. The highest BCUT2D eigenvalue weighted by Gasteiger charge is 2.14. The lowest BCUT2D eigenvalue weighted by atomic mass is 10.2. The minimum absolute atomic E-state index is 0.0835. The molecule has 0 saturated heterocycles. The summed E-state index contributed by atoms with van der Waals surface area (Å²) in [6.07, 6.45) is 0.118. The van der Waals surface area contributed by atoms with Gasteiger partial charge in [0.05, 0.1) is 17.8 Å². The summed E-state index contributed by atoms with van der Waals surface area (Å²) in [6.45, 7) is 1.66. The summed E-state index contributed by atoms with van der Waals surface area (Å²) in [5.74, 6) is -0.941. The second-order valence-corrected chi connectivity index (χ2v) is 4.53. The zero-order valence-electron chi connectivity index (χ0n) is 11.4. The molecule has 8 nitrogen and oxygen atoms in total. The number of nitrogens with zero attached hydrogens (tertiary/aromatic N) is 4. The maximum Gasteiger partial charge on any atom is 0.332 e. The van der Waals surface area contributed by atoms with Gasteiger partial charge >= 0.3 is 11.7 Å². The first-order chi connectivity index (χ1) is 9.32. The zero-order valence-corrected chi connectivity index (χ0v) is 11.4. The minimum Gasteiger partial charge on any atom is -0.481 e. The molecule has 20 heavy (non-hydrogen) atoms. The van der Waals surface area contributed by atoms with E-state index < -0.39 is 17.2 Å². The van der Waals surface area contributed by atoms with Gasteiger partial charge in [0, 0.05) is 20.5 Å². The molecule has 2 aromatic heterocycles. The average Bonchev–Trinajstić information content (AvgIpc) is 2.41. The Morgan fingerprint density at radius 2 is 1.85 bits per heavy atom. The van der Waals surface area contributed by atoms with E-state index in [0.717, 1.165) is 4.57 Å². The van der Waals surface area contributed by atoms with Crippen LogP contribution in [0.3, 0.4) is 0 Å². The van der Waals surface area contributed by atoms with Gasteiger partial charge in [-0.2, -0.15) is 0 Å². The number of rotatable bonds is 3. The molecule has 0 radical (unpaired) electrons. The molecule has 2 rings (SSSR count). The normalized spacial score (nSPS) is 10.9. The molecule has 0 fully saturated rings. The fourth-order valence-corrected chi connectivity index (χ4v) is 1.94. The van der Waals surface area contributed by atoms with Crippen LogP contribution in [0.2, 0.25) is 0 Å². The van der Waals surface area contributed by atoms with Crippen molar-refractivity contribution in [3.8, 4) is 0 Å². The average molecular weight is 278 g/mol. The van der Waals surface area contributed by atoms with Crippen LogP contribution in [0.4, 0.5) is 0 Å². The van der Waals surface area contributed by atoms with Crippen molar-refractivity contribution in [2.75, 3.05) is 0 Å². The van der Waals surface area contributed by atoms with E-state index in [1.54, 1.807) is 6.92 Å². The van der Waals surface area contributed by atoms with E-state index in [2.05, 4.69) is 9.97 Å². The third-order valence-corrected chi connectivity index (χ3v) is 3.12. The maximum atomic E-state index is 12.0. The zero-order chi connectivity index (χ0) is 15.0. The van der Waals surface area contributed by atoms with Gasteiger partial charge in [0.15, 0.2) is 11.2 Å². The third-order valence-electron chi connectivity index (χ3n) is 3.12. The largest absolute Gasteiger partial charge is 0.481 e. The highest BCUT2D eigenvalue weighted by molar-refractivity contribution is 5.70. The molecule has 106 valence electrons. The molecule has 0 amide bonds. The standard InChI is InChI=1S/C12H14N4O4/c1-6-7(4-5-8(17)18)14-10-9(13-6)11(19)16(3)12(20)15(10)2/h4-5H2,1-3H3,(H,17,18). The van der Waals surface area contributed by atoms with Crippen LogP contribution < -0.4 is 11.2 Å². The molecule has 1 N–H and O–H groups in total. The van der Waals surface area contributed by atoms with Crippen molar-refractivity contribution in [3.63, 3.8) is 0 Å². The summed E-state index contributed by atoms with van der Waals surface area (Å²) < 4.78 is 2.20. The topological polar surface area (TPSA) is 107 Å². The summed E-state index contributed by atoms with van der Waals surface area (Å²) in [4.78, 5) is 42.8. The van der Waals surface area contributed by atoms with Crippen molar-refractivity contribution in [2.45, 2.75) is 19.8 Å². The minimum atomic E-state index is -0.941. The Kier molecular flexibility index (Phi) is 3.39. The fourth-order valence-electron chi connectivity index (χ4n) is 1.94. The molecule has 0 aliphatic heterocycles. The van der Waals surface area contributed by atoms with Gasteiger partial charge in [-0.15, -0.1) is 0 Å². The SMILES string of the molecule is Cc1nc2c(=O)n(C)c(=O)n(C)c2nc1CCC(=O)O. The van der Waals surface area contributed by atoms with Crippen molar-refractivity contribution in [1.82, 2.24) is 19.1 Å². The Bertz CT molecular complexity index is 819. The Labute approximate surface area is 113 Å². The van der Waals surface area contributed by atoms with Crippen LogP contribution in [-0.2, 0) is 25.3 Å². The number of hydrogen-bond acceptors (Lipinski definition) is 5. The monoisotopic (exact) mass is 278 g/mol. The molecular weight excluding hydrogens is 264 g/mol. The van der Waals surface area contributed by atoms with Crippen LogP contribution in [0.15, 0.2) is 9.59 Å². The van der Waals surface area contributed by atoms with Crippen molar-refractivity contribution in [1.29, 1.82) is 0 Å². The number of fused-ring (bicyclic) bond motifs is 1. The first kappa shape index (κ1) is 13.9. The van der Waals surface area contributed by atoms with Crippen LogP contribution >= 0.6 is 0 Å². The number of carboxylic acid groups (broad SMARTS) is 1.